The van der Waals surface area contributed by atoms with E-state index in [2.05, 4.69) is 20.3 Å². The van der Waals surface area contributed by atoms with Crippen LogP contribution in [0.2, 0.25) is 0 Å². The molecule has 88 valence electrons. The zero-order valence-corrected chi connectivity index (χ0v) is 9.64. The van der Waals surface area contributed by atoms with Crippen LogP contribution in [-0.4, -0.2) is 25.0 Å². The molecular formula is C13H11N5. The van der Waals surface area contributed by atoms with Gasteiger partial charge in [0, 0.05) is 11.8 Å². The molecule has 5 nitrogen and oxygen atoms in total. The van der Waals surface area contributed by atoms with Gasteiger partial charge in [-0.2, -0.15) is 0 Å². The average molecular weight is 237 g/mol. The van der Waals surface area contributed by atoms with E-state index in [9.17, 15) is 0 Å². The van der Waals surface area contributed by atoms with E-state index in [1.165, 1.54) is 6.33 Å². The van der Waals surface area contributed by atoms with E-state index in [1.807, 2.05) is 42.6 Å². The van der Waals surface area contributed by atoms with Crippen molar-refractivity contribution in [3.63, 3.8) is 0 Å². The van der Waals surface area contributed by atoms with Gasteiger partial charge in [0.2, 0.25) is 0 Å². The molecule has 0 atom stereocenters. The summed E-state index contributed by atoms with van der Waals surface area (Å²) in [4.78, 5) is 8.04. The molecule has 0 unspecified atom stereocenters. The second-order valence-electron chi connectivity index (χ2n) is 3.87. The lowest BCUT2D eigenvalue weighted by Crippen LogP contribution is -2.02. The number of rotatable bonds is 3. The summed E-state index contributed by atoms with van der Waals surface area (Å²) < 4.78 is 1.77. The minimum absolute atomic E-state index is 0.600. The summed E-state index contributed by atoms with van der Waals surface area (Å²) in [5.74, 6) is 0. The van der Waals surface area contributed by atoms with E-state index in [0.717, 1.165) is 17.0 Å². The van der Waals surface area contributed by atoms with Gasteiger partial charge in [-0.3, -0.25) is 0 Å². The van der Waals surface area contributed by atoms with Crippen LogP contribution in [0.4, 0.5) is 0 Å². The third kappa shape index (κ3) is 2.24. The summed E-state index contributed by atoms with van der Waals surface area (Å²) >= 11 is 0. The molecule has 0 saturated carbocycles. The van der Waals surface area contributed by atoms with Crippen molar-refractivity contribution in [2.24, 2.45) is 0 Å². The van der Waals surface area contributed by atoms with E-state index in [0.29, 0.717) is 6.54 Å². The van der Waals surface area contributed by atoms with Crippen LogP contribution in [0.25, 0.3) is 11.3 Å². The van der Waals surface area contributed by atoms with Crippen molar-refractivity contribution in [3.05, 3.63) is 60.8 Å². The maximum Gasteiger partial charge on any atom is 0.115 e. The lowest BCUT2D eigenvalue weighted by Gasteiger charge is -1.98. The Morgan fingerprint density at radius 1 is 1.06 bits per heavy atom. The van der Waals surface area contributed by atoms with E-state index in [4.69, 9.17) is 0 Å². The first-order valence-electron chi connectivity index (χ1n) is 5.62. The van der Waals surface area contributed by atoms with Crippen molar-refractivity contribution in [2.75, 3.05) is 0 Å². The second-order valence-corrected chi connectivity index (χ2v) is 3.87. The quantitative estimate of drug-likeness (QED) is 0.696. The highest BCUT2D eigenvalue weighted by molar-refractivity contribution is 5.57. The molecular weight excluding hydrogens is 226 g/mol. The predicted octanol–water partition coefficient (Wildman–Crippen LogP) is 1.78. The topological polar surface area (TPSA) is 56.5 Å². The van der Waals surface area contributed by atoms with Crippen LogP contribution in [0.15, 0.2) is 55.1 Å². The Bertz CT molecular complexity index is 618. The minimum atomic E-state index is 0.600. The number of aromatic nitrogens is 5. The fraction of sp³-hybridized carbons (Fsp3) is 0.0769. The smallest absolute Gasteiger partial charge is 0.115 e. The van der Waals surface area contributed by atoms with Gasteiger partial charge in [-0.05, 0) is 6.07 Å². The van der Waals surface area contributed by atoms with Crippen molar-refractivity contribution >= 4 is 0 Å². The molecule has 18 heavy (non-hydrogen) atoms. The molecule has 2 aromatic heterocycles. The van der Waals surface area contributed by atoms with Crippen LogP contribution >= 0.6 is 0 Å². The molecule has 0 radical (unpaired) electrons. The van der Waals surface area contributed by atoms with Gasteiger partial charge in [-0.15, -0.1) is 5.10 Å². The highest BCUT2D eigenvalue weighted by atomic mass is 15.4. The Morgan fingerprint density at radius 2 is 1.94 bits per heavy atom. The van der Waals surface area contributed by atoms with Gasteiger partial charge < -0.3 is 0 Å². The Kier molecular flexibility index (Phi) is 2.79. The third-order valence-electron chi connectivity index (χ3n) is 2.58. The van der Waals surface area contributed by atoms with Crippen molar-refractivity contribution in [3.8, 4) is 11.3 Å². The zero-order chi connectivity index (χ0) is 12.2. The van der Waals surface area contributed by atoms with Crippen LogP contribution in [0.5, 0.6) is 0 Å². The normalized spacial score (nSPS) is 10.4. The Labute approximate surface area is 104 Å². The lowest BCUT2D eigenvalue weighted by atomic mass is 10.2. The maximum atomic E-state index is 4.16. The van der Waals surface area contributed by atoms with Crippen LogP contribution < -0.4 is 0 Å². The highest BCUT2D eigenvalue weighted by Gasteiger charge is 2.03. The molecule has 3 rings (SSSR count). The second kappa shape index (κ2) is 4.75. The fourth-order valence-corrected chi connectivity index (χ4v) is 1.69. The molecule has 5 heteroatoms. The van der Waals surface area contributed by atoms with Crippen LogP contribution in [0.3, 0.4) is 0 Å². The average Bonchev–Trinajstić information content (AvgIpc) is 2.89. The van der Waals surface area contributed by atoms with Gasteiger partial charge in [-0.25, -0.2) is 14.6 Å². The van der Waals surface area contributed by atoms with Gasteiger partial charge in [-0.1, -0.05) is 35.5 Å². The summed E-state index contributed by atoms with van der Waals surface area (Å²) in [5, 5.41) is 8.25. The van der Waals surface area contributed by atoms with Crippen LogP contribution in [-0.2, 0) is 6.54 Å². The molecule has 0 aliphatic rings. The molecule has 3 aromatic rings. The SMILES string of the molecule is c1ccc(-c2cn(Cc3ccncn3)nn2)cc1. The molecule has 0 saturated heterocycles. The number of hydrogen-bond donors (Lipinski definition) is 0. The van der Waals surface area contributed by atoms with Gasteiger partial charge in [0.05, 0.1) is 18.4 Å². The Morgan fingerprint density at radius 3 is 2.72 bits per heavy atom. The number of nitrogens with zero attached hydrogens (tertiary/aromatic N) is 5. The van der Waals surface area contributed by atoms with Gasteiger partial charge in [0.1, 0.15) is 12.0 Å². The van der Waals surface area contributed by atoms with E-state index in [1.54, 1.807) is 10.9 Å². The minimum Gasteiger partial charge on any atom is -0.246 e. The molecule has 0 fully saturated rings. The molecule has 2 heterocycles. The standard InChI is InChI=1S/C13H11N5/c1-2-4-11(5-3-1)13-9-18(17-16-13)8-12-6-7-14-10-15-12/h1-7,9-10H,8H2. The summed E-state index contributed by atoms with van der Waals surface area (Å²) in [6.45, 7) is 0.600. The molecule has 0 bridgehead atoms. The summed E-state index contributed by atoms with van der Waals surface area (Å²) in [6, 6.07) is 11.8. The Hall–Kier alpha value is -2.56. The molecule has 0 aliphatic heterocycles. The predicted molar refractivity (Wildman–Crippen MR) is 66.6 cm³/mol. The van der Waals surface area contributed by atoms with E-state index >= 15 is 0 Å². The molecule has 0 amide bonds. The zero-order valence-electron chi connectivity index (χ0n) is 9.64. The molecule has 1 aromatic carbocycles. The van der Waals surface area contributed by atoms with Gasteiger partial charge >= 0.3 is 0 Å². The summed E-state index contributed by atoms with van der Waals surface area (Å²) in [5.41, 5.74) is 2.84. The van der Waals surface area contributed by atoms with Gasteiger partial charge in [0.15, 0.2) is 0 Å². The molecule has 0 N–H and O–H groups in total. The first kappa shape index (κ1) is 10.6. The van der Waals surface area contributed by atoms with E-state index in [-0.39, 0.29) is 0 Å². The number of hydrogen-bond acceptors (Lipinski definition) is 4. The van der Waals surface area contributed by atoms with Crippen molar-refractivity contribution < 1.29 is 0 Å². The first-order valence-corrected chi connectivity index (χ1v) is 5.62. The maximum absolute atomic E-state index is 4.16. The molecule has 0 spiro atoms. The lowest BCUT2D eigenvalue weighted by molar-refractivity contribution is 0.637. The highest BCUT2D eigenvalue weighted by Crippen LogP contribution is 2.14. The summed E-state index contributed by atoms with van der Waals surface area (Å²) in [6.07, 6.45) is 5.17. The third-order valence-corrected chi connectivity index (χ3v) is 2.58. The van der Waals surface area contributed by atoms with Crippen molar-refractivity contribution in [1.29, 1.82) is 0 Å². The number of benzene rings is 1. The largest absolute Gasteiger partial charge is 0.246 e. The van der Waals surface area contributed by atoms with Gasteiger partial charge in [0.25, 0.3) is 0 Å². The molecule has 0 aliphatic carbocycles. The monoisotopic (exact) mass is 237 g/mol. The van der Waals surface area contributed by atoms with E-state index < -0.39 is 0 Å². The first-order chi connectivity index (χ1) is 8.92. The van der Waals surface area contributed by atoms with Crippen molar-refractivity contribution in [1.82, 2.24) is 25.0 Å². The summed E-state index contributed by atoms with van der Waals surface area (Å²) in [7, 11) is 0. The van der Waals surface area contributed by atoms with Crippen LogP contribution in [0, 0.1) is 0 Å². The van der Waals surface area contributed by atoms with Crippen molar-refractivity contribution in [2.45, 2.75) is 6.54 Å². The fourth-order valence-electron chi connectivity index (χ4n) is 1.69. The Balaban J connectivity index is 1.82. The van der Waals surface area contributed by atoms with Crippen LogP contribution in [0.1, 0.15) is 5.69 Å².